The Morgan fingerprint density at radius 3 is 2.58 bits per heavy atom. The van der Waals surface area contributed by atoms with E-state index < -0.39 is 0 Å². The van der Waals surface area contributed by atoms with E-state index in [2.05, 4.69) is 15.5 Å². The van der Waals surface area contributed by atoms with Gasteiger partial charge in [0.1, 0.15) is 5.75 Å². The molecule has 2 aromatic carbocycles. The number of aromatic nitrogens is 2. The van der Waals surface area contributed by atoms with Crippen molar-refractivity contribution in [3.8, 4) is 17.2 Å². The fourth-order valence-corrected chi connectivity index (χ4v) is 3.08. The highest BCUT2D eigenvalue weighted by Crippen LogP contribution is 2.30. The molecule has 1 heterocycles. The van der Waals surface area contributed by atoms with Gasteiger partial charge in [-0.3, -0.25) is 4.79 Å². The molecule has 7 heteroatoms. The van der Waals surface area contributed by atoms with Crippen molar-refractivity contribution in [3.63, 3.8) is 0 Å². The SMILES string of the molecule is COc1ccccc1-c1nnc(SCC(=O)Nc2c(C)cccc2C)o1. The highest BCUT2D eigenvalue weighted by Gasteiger charge is 2.15. The third-order valence-electron chi connectivity index (χ3n) is 3.82. The number of amides is 1. The molecular formula is C19H19N3O3S. The zero-order valence-corrected chi connectivity index (χ0v) is 15.6. The molecule has 26 heavy (non-hydrogen) atoms. The van der Waals surface area contributed by atoms with E-state index >= 15 is 0 Å². The number of hydrogen-bond donors (Lipinski definition) is 1. The lowest BCUT2D eigenvalue weighted by Gasteiger charge is -2.10. The van der Waals surface area contributed by atoms with E-state index in [1.54, 1.807) is 7.11 Å². The van der Waals surface area contributed by atoms with Gasteiger partial charge in [-0.15, -0.1) is 10.2 Å². The zero-order chi connectivity index (χ0) is 18.5. The first-order chi connectivity index (χ1) is 12.6. The normalized spacial score (nSPS) is 10.6. The Labute approximate surface area is 156 Å². The maximum Gasteiger partial charge on any atom is 0.277 e. The summed E-state index contributed by atoms with van der Waals surface area (Å²) in [6.07, 6.45) is 0. The van der Waals surface area contributed by atoms with Gasteiger partial charge in [-0.2, -0.15) is 0 Å². The summed E-state index contributed by atoms with van der Waals surface area (Å²) in [6, 6.07) is 13.3. The summed E-state index contributed by atoms with van der Waals surface area (Å²) in [5.41, 5.74) is 3.62. The van der Waals surface area contributed by atoms with Crippen LogP contribution >= 0.6 is 11.8 Å². The van der Waals surface area contributed by atoms with Gasteiger partial charge < -0.3 is 14.5 Å². The van der Waals surface area contributed by atoms with Crippen molar-refractivity contribution >= 4 is 23.4 Å². The minimum absolute atomic E-state index is 0.121. The molecule has 0 fully saturated rings. The zero-order valence-electron chi connectivity index (χ0n) is 14.8. The third-order valence-corrected chi connectivity index (χ3v) is 4.63. The number of anilines is 1. The molecule has 0 spiro atoms. The fourth-order valence-electron chi connectivity index (χ4n) is 2.51. The average Bonchev–Trinajstić information content (AvgIpc) is 3.12. The molecule has 6 nitrogen and oxygen atoms in total. The number of thioether (sulfide) groups is 1. The fraction of sp³-hybridized carbons (Fsp3) is 0.211. The smallest absolute Gasteiger partial charge is 0.277 e. The van der Waals surface area contributed by atoms with Gasteiger partial charge in [-0.05, 0) is 37.1 Å². The van der Waals surface area contributed by atoms with Crippen LogP contribution in [0.25, 0.3) is 11.5 Å². The van der Waals surface area contributed by atoms with Crippen LogP contribution in [0, 0.1) is 13.8 Å². The maximum atomic E-state index is 12.2. The predicted octanol–water partition coefficient (Wildman–Crippen LogP) is 4.09. The number of hydrogen-bond acceptors (Lipinski definition) is 6. The molecule has 3 aromatic rings. The minimum atomic E-state index is -0.121. The summed E-state index contributed by atoms with van der Waals surface area (Å²) in [6.45, 7) is 3.93. The van der Waals surface area contributed by atoms with Gasteiger partial charge in [0.05, 0.1) is 18.4 Å². The van der Waals surface area contributed by atoms with E-state index in [1.807, 2.05) is 56.3 Å². The summed E-state index contributed by atoms with van der Waals surface area (Å²) in [4.78, 5) is 12.2. The molecule has 1 N–H and O–H groups in total. The van der Waals surface area contributed by atoms with Crippen molar-refractivity contribution in [2.45, 2.75) is 19.1 Å². The van der Waals surface area contributed by atoms with Crippen molar-refractivity contribution in [3.05, 3.63) is 53.6 Å². The molecule has 0 aliphatic rings. The Morgan fingerprint density at radius 2 is 1.85 bits per heavy atom. The van der Waals surface area contributed by atoms with Gasteiger partial charge in [-0.25, -0.2) is 0 Å². The number of carbonyl (C=O) groups is 1. The van der Waals surface area contributed by atoms with Gasteiger partial charge in [0.25, 0.3) is 11.1 Å². The summed E-state index contributed by atoms with van der Waals surface area (Å²) < 4.78 is 10.9. The molecule has 1 amide bonds. The Kier molecular flexibility index (Phi) is 5.58. The van der Waals surface area contributed by atoms with Crippen LogP contribution in [0.5, 0.6) is 5.75 Å². The second-order valence-corrected chi connectivity index (χ2v) is 6.60. The Morgan fingerprint density at radius 1 is 1.12 bits per heavy atom. The topological polar surface area (TPSA) is 77.2 Å². The molecular weight excluding hydrogens is 350 g/mol. The van der Waals surface area contributed by atoms with Gasteiger partial charge >= 0.3 is 0 Å². The first kappa shape index (κ1) is 18.0. The van der Waals surface area contributed by atoms with Crippen LogP contribution in [0.1, 0.15) is 11.1 Å². The summed E-state index contributed by atoms with van der Waals surface area (Å²) >= 11 is 1.20. The number of ether oxygens (including phenoxy) is 1. The monoisotopic (exact) mass is 369 g/mol. The number of nitrogens with zero attached hydrogens (tertiary/aromatic N) is 2. The van der Waals surface area contributed by atoms with E-state index in [0.717, 1.165) is 16.8 Å². The van der Waals surface area contributed by atoms with E-state index in [1.165, 1.54) is 11.8 Å². The molecule has 0 aliphatic carbocycles. The summed E-state index contributed by atoms with van der Waals surface area (Å²) in [5, 5.41) is 11.3. The number of aryl methyl sites for hydroxylation is 2. The number of carbonyl (C=O) groups excluding carboxylic acids is 1. The van der Waals surface area contributed by atoms with Crippen molar-refractivity contribution in [1.82, 2.24) is 10.2 Å². The maximum absolute atomic E-state index is 12.2. The van der Waals surface area contributed by atoms with Crippen LogP contribution in [0.3, 0.4) is 0 Å². The van der Waals surface area contributed by atoms with Crippen molar-refractivity contribution in [2.24, 2.45) is 0 Å². The molecule has 0 aliphatic heterocycles. The van der Waals surface area contributed by atoms with Crippen LogP contribution in [-0.2, 0) is 4.79 Å². The van der Waals surface area contributed by atoms with Crippen LogP contribution in [0.15, 0.2) is 52.1 Å². The molecule has 0 saturated heterocycles. The Hall–Kier alpha value is -2.80. The standard InChI is InChI=1S/C19H19N3O3S/c1-12-7-6-8-13(2)17(12)20-16(23)11-26-19-22-21-18(25-19)14-9-4-5-10-15(14)24-3/h4-10H,11H2,1-3H3,(H,20,23). The first-order valence-corrected chi connectivity index (χ1v) is 9.03. The van der Waals surface area contributed by atoms with Gasteiger partial charge in [0, 0.05) is 5.69 Å². The number of methoxy groups -OCH3 is 1. The molecule has 0 bridgehead atoms. The van der Waals surface area contributed by atoms with Crippen molar-refractivity contribution in [2.75, 3.05) is 18.2 Å². The summed E-state index contributed by atoms with van der Waals surface area (Å²) in [5.74, 6) is 1.08. The lowest BCUT2D eigenvalue weighted by Crippen LogP contribution is -2.15. The number of nitrogens with one attached hydrogen (secondary N) is 1. The van der Waals surface area contributed by atoms with Crippen molar-refractivity contribution in [1.29, 1.82) is 0 Å². The van der Waals surface area contributed by atoms with E-state index in [9.17, 15) is 4.79 Å². The van der Waals surface area contributed by atoms with Crippen LogP contribution in [0.4, 0.5) is 5.69 Å². The van der Waals surface area contributed by atoms with Crippen molar-refractivity contribution < 1.29 is 13.9 Å². The Balaban J connectivity index is 1.64. The largest absolute Gasteiger partial charge is 0.496 e. The van der Waals surface area contributed by atoms with Gasteiger partial charge in [-0.1, -0.05) is 42.1 Å². The second kappa shape index (κ2) is 8.05. The quantitative estimate of drug-likeness (QED) is 0.660. The van der Waals surface area contributed by atoms with Crippen LogP contribution < -0.4 is 10.1 Å². The molecule has 0 radical (unpaired) electrons. The lowest BCUT2D eigenvalue weighted by molar-refractivity contribution is -0.113. The third kappa shape index (κ3) is 4.05. The van der Waals surface area contributed by atoms with Crippen LogP contribution in [0.2, 0.25) is 0 Å². The second-order valence-electron chi connectivity index (χ2n) is 5.68. The number of para-hydroxylation sites is 2. The Bertz CT molecular complexity index is 904. The molecule has 1 aromatic heterocycles. The number of benzene rings is 2. The van der Waals surface area contributed by atoms with E-state index in [-0.39, 0.29) is 11.7 Å². The predicted molar refractivity (Wildman–Crippen MR) is 102 cm³/mol. The number of rotatable bonds is 6. The molecule has 0 saturated carbocycles. The highest BCUT2D eigenvalue weighted by atomic mass is 32.2. The molecule has 134 valence electrons. The highest BCUT2D eigenvalue weighted by molar-refractivity contribution is 7.99. The average molecular weight is 369 g/mol. The molecule has 3 rings (SSSR count). The van der Waals surface area contributed by atoms with E-state index in [4.69, 9.17) is 9.15 Å². The van der Waals surface area contributed by atoms with Gasteiger partial charge in [0.2, 0.25) is 5.91 Å². The first-order valence-electron chi connectivity index (χ1n) is 8.04. The molecule has 0 atom stereocenters. The minimum Gasteiger partial charge on any atom is -0.496 e. The van der Waals surface area contributed by atoms with Gasteiger partial charge in [0.15, 0.2) is 0 Å². The molecule has 0 unspecified atom stereocenters. The van der Waals surface area contributed by atoms with Crippen LogP contribution in [-0.4, -0.2) is 29.0 Å². The lowest BCUT2D eigenvalue weighted by atomic mass is 10.1. The van der Waals surface area contributed by atoms with E-state index in [0.29, 0.717) is 22.4 Å². The summed E-state index contributed by atoms with van der Waals surface area (Å²) in [7, 11) is 1.59.